The van der Waals surface area contributed by atoms with Gasteiger partial charge in [-0.25, -0.2) is 4.79 Å². The number of hydrogen-bond acceptors (Lipinski definition) is 5. The molecule has 0 radical (unpaired) electrons. The fourth-order valence-electron chi connectivity index (χ4n) is 3.82. The quantitative estimate of drug-likeness (QED) is 0.485. The van der Waals surface area contributed by atoms with Gasteiger partial charge in [0.15, 0.2) is 0 Å². The predicted octanol–water partition coefficient (Wildman–Crippen LogP) is 5.33. The van der Waals surface area contributed by atoms with Crippen molar-refractivity contribution in [3.63, 3.8) is 0 Å². The number of carbonyl (C=O) groups excluding carboxylic acids is 1. The second kappa shape index (κ2) is 11.2. The zero-order chi connectivity index (χ0) is 23.8. The lowest BCUT2D eigenvalue weighted by molar-refractivity contribution is 0.00952. The van der Waals surface area contributed by atoms with Crippen molar-refractivity contribution in [2.75, 3.05) is 33.3 Å². The van der Waals surface area contributed by atoms with Gasteiger partial charge in [-0.05, 0) is 68.5 Å². The molecule has 1 fully saturated rings. The third kappa shape index (κ3) is 6.97. The molecule has 1 atom stereocenters. The Morgan fingerprint density at radius 1 is 1.15 bits per heavy atom. The van der Waals surface area contributed by atoms with Gasteiger partial charge in [-0.3, -0.25) is 0 Å². The molecule has 176 valence electrons. The zero-order valence-electron chi connectivity index (χ0n) is 20.2. The van der Waals surface area contributed by atoms with Crippen molar-refractivity contribution in [2.45, 2.75) is 51.7 Å². The number of likely N-dealkylation sites (N-methyl/N-ethyl adjacent to an activating group) is 1. The number of nitrogens with zero attached hydrogens (tertiary/aromatic N) is 3. The standard InChI is InChI=1S/C27H35N3O3/c1-5-27(2,3)33-26(31)29(4)24-15-17-30(20-24)16-6-18-32-25-13-11-23(12-14-25)22-9-7-21(19-28)8-10-22/h7-14,24H,5-6,15-18,20H2,1-4H3/t24-/m1/s1. The molecule has 6 nitrogen and oxygen atoms in total. The van der Waals surface area contributed by atoms with Crippen LogP contribution >= 0.6 is 0 Å². The van der Waals surface area contributed by atoms with Gasteiger partial charge in [-0.1, -0.05) is 31.2 Å². The highest BCUT2D eigenvalue weighted by molar-refractivity contribution is 5.68. The van der Waals surface area contributed by atoms with E-state index >= 15 is 0 Å². The molecule has 0 unspecified atom stereocenters. The molecule has 0 aliphatic carbocycles. The fourth-order valence-corrected chi connectivity index (χ4v) is 3.82. The van der Waals surface area contributed by atoms with Gasteiger partial charge in [0, 0.05) is 32.7 Å². The SMILES string of the molecule is CCC(C)(C)OC(=O)N(C)[C@@H]1CCN(CCCOc2ccc(-c3ccc(C#N)cc3)cc2)C1. The van der Waals surface area contributed by atoms with E-state index in [9.17, 15) is 4.79 Å². The summed E-state index contributed by atoms with van der Waals surface area (Å²) >= 11 is 0. The summed E-state index contributed by atoms with van der Waals surface area (Å²) in [7, 11) is 1.84. The number of rotatable bonds is 9. The van der Waals surface area contributed by atoms with E-state index in [2.05, 4.69) is 11.0 Å². The molecular weight excluding hydrogens is 414 g/mol. The van der Waals surface area contributed by atoms with Crippen LogP contribution in [0.1, 0.15) is 45.6 Å². The van der Waals surface area contributed by atoms with Gasteiger partial charge in [0.05, 0.1) is 18.2 Å². The Kier molecular flexibility index (Phi) is 8.35. The third-order valence-electron chi connectivity index (χ3n) is 6.39. The summed E-state index contributed by atoms with van der Waals surface area (Å²) in [5, 5.41) is 8.92. The van der Waals surface area contributed by atoms with Crippen LogP contribution in [-0.4, -0.2) is 60.8 Å². The molecule has 1 amide bonds. The molecule has 0 saturated carbocycles. The molecule has 0 spiro atoms. The second-order valence-corrected chi connectivity index (χ2v) is 9.25. The van der Waals surface area contributed by atoms with E-state index in [1.807, 2.05) is 76.3 Å². The first-order valence-electron chi connectivity index (χ1n) is 11.7. The summed E-state index contributed by atoms with van der Waals surface area (Å²) in [6, 6.07) is 18.0. The molecule has 33 heavy (non-hydrogen) atoms. The van der Waals surface area contributed by atoms with Crippen LogP contribution < -0.4 is 4.74 Å². The normalized spacial score (nSPS) is 16.3. The molecule has 1 heterocycles. The van der Waals surface area contributed by atoms with E-state index in [0.717, 1.165) is 55.8 Å². The maximum Gasteiger partial charge on any atom is 0.410 e. The summed E-state index contributed by atoms with van der Waals surface area (Å²) in [5.74, 6) is 0.854. The van der Waals surface area contributed by atoms with Crippen LogP contribution in [0.4, 0.5) is 4.79 Å². The van der Waals surface area contributed by atoms with E-state index in [-0.39, 0.29) is 12.1 Å². The van der Waals surface area contributed by atoms with Crippen molar-refractivity contribution in [1.82, 2.24) is 9.80 Å². The van der Waals surface area contributed by atoms with Crippen LogP contribution in [0.3, 0.4) is 0 Å². The Balaban J connectivity index is 1.38. The molecule has 0 bridgehead atoms. The topological polar surface area (TPSA) is 65.8 Å². The van der Waals surface area contributed by atoms with E-state index in [0.29, 0.717) is 12.2 Å². The van der Waals surface area contributed by atoms with Crippen molar-refractivity contribution in [2.24, 2.45) is 0 Å². The molecule has 1 saturated heterocycles. The van der Waals surface area contributed by atoms with Crippen molar-refractivity contribution >= 4 is 6.09 Å². The number of likely N-dealkylation sites (tertiary alicyclic amines) is 1. The van der Waals surface area contributed by atoms with Crippen molar-refractivity contribution in [1.29, 1.82) is 5.26 Å². The average Bonchev–Trinajstić information content (AvgIpc) is 3.30. The van der Waals surface area contributed by atoms with E-state index in [4.69, 9.17) is 14.7 Å². The van der Waals surface area contributed by atoms with Gasteiger partial charge >= 0.3 is 6.09 Å². The number of hydrogen-bond donors (Lipinski definition) is 0. The average molecular weight is 450 g/mol. The van der Waals surface area contributed by atoms with Crippen molar-refractivity contribution < 1.29 is 14.3 Å². The maximum absolute atomic E-state index is 12.4. The Bertz CT molecular complexity index is 948. The zero-order valence-corrected chi connectivity index (χ0v) is 20.2. The van der Waals surface area contributed by atoms with Gasteiger partial charge in [0.25, 0.3) is 0 Å². The van der Waals surface area contributed by atoms with Crippen molar-refractivity contribution in [3.05, 3.63) is 54.1 Å². The van der Waals surface area contributed by atoms with Gasteiger partial charge in [0.1, 0.15) is 11.4 Å². The van der Waals surface area contributed by atoms with Crippen LogP contribution in [0.5, 0.6) is 5.75 Å². The predicted molar refractivity (Wildman–Crippen MR) is 130 cm³/mol. The van der Waals surface area contributed by atoms with E-state index in [1.165, 1.54) is 0 Å². The van der Waals surface area contributed by atoms with Crippen molar-refractivity contribution in [3.8, 4) is 22.9 Å². The molecular formula is C27H35N3O3. The summed E-state index contributed by atoms with van der Waals surface area (Å²) in [6.07, 6.45) is 2.46. The lowest BCUT2D eigenvalue weighted by Gasteiger charge is -2.30. The van der Waals surface area contributed by atoms with Gasteiger partial charge < -0.3 is 19.3 Å². The summed E-state index contributed by atoms with van der Waals surface area (Å²) < 4.78 is 11.5. The van der Waals surface area contributed by atoms with E-state index < -0.39 is 5.60 Å². The molecule has 6 heteroatoms. The molecule has 0 aromatic heterocycles. The van der Waals surface area contributed by atoms with E-state index in [1.54, 1.807) is 4.90 Å². The van der Waals surface area contributed by atoms with Crippen LogP contribution in [0.15, 0.2) is 48.5 Å². The fraction of sp³-hybridized carbons (Fsp3) is 0.481. The van der Waals surface area contributed by atoms with Crippen LogP contribution in [0.2, 0.25) is 0 Å². The number of amides is 1. The van der Waals surface area contributed by atoms with Gasteiger partial charge in [-0.2, -0.15) is 5.26 Å². The van der Waals surface area contributed by atoms with Crippen LogP contribution in [0, 0.1) is 11.3 Å². The maximum atomic E-state index is 12.4. The summed E-state index contributed by atoms with van der Waals surface area (Å²) in [6.45, 7) is 9.37. The highest BCUT2D eigenvalue weighted by Gasteiger charge is 2.31. The number of carbonyl (C=O) groups is 1. The first-order valence-corrected chi connectivity index (χ1v) is 11.7. The smallest absolute Gasteiger partial charge is 0.410 e. The molecule has 1 aliphatic heterocycles. The minimum Gasteiger partial charge on any atom is -0.494 e. The Morgan fingerprint density at radius 2 is 1.79 bits per heavy atom. The van der Waals surface area contributed by atoms with Gasteiger partial charge in [0.2, 0.25) is 0 Å². The third-order valence-corrected chi connectivity index (χ3v) is 6.39. The molecule has 1 aliphatic rings. The largest absolute Gasteiger partial charge is 0.494 e. The monoisotopic (exact) mass is 449 g/mol. The molecule has 0 N–H and O–H groups in total. The Hall–Kier alpha value is -3.04. The first kappa shape index (κ1) is 24.6. The lowest BCUT2D eigenvalue weighted by atomic mass is 10.0. The van der Waals surface area contributed by atoms with Crippen LogP contribution in [0.25, 0.3) is 11.1 Å². The van der Waals surface area contributed by atoms with Gasteiger partial charge in [-0.15, -0.1) is 0 Å². The molecule has 3 rings (SSSR count). The lowest BCUT2D eigenvalue weighted by Crippen LogP contribution is -2.42. The second-order valence-electron chi connectivity index (χ2n) is 9.25. The first-order chi connectivity index (χ1) is 15.8. The molecule has 2 aromatic carbocycles. The minimum absolute atomic E-state index is 0.195. The number of ether oxygens (including phenoxy) is 2. The highest BCUT2D eigenvalue weighted by atomic mass is 16.6. The Labute approximate surface area is 197 Å². The summed E-state index contributed by atoms with van der Waals surface area (Å²) in [4.78, 5) is 16.6. The highest BCUT2D eigenvalue weighted by Crippen LogP contribution is 2.23. The summed E-state index contributed by atoms with van der Waals surface area (Å²) in [5.41, 5.74) is 2.41. The minimum atomic E-state index is -0.429. The number of benzene rings is 2. The molecule has 2 aromatic rings. The Morgan fingerprint density at radius 3 is 2.39 bits per heavy atom. The van der Waals surface area contributed by atoms with Crippen LogP contribution in [-0.2, 0) is 4.74 Å². The number of nitriles is 1.